The number of fused-ring (bicyclic) bond motifs is 21. The lowest BCUT2D eigenvalue weighted by molar-refractivity contribution is 0.332. The molecule has 0 saturated carbocycles. The fraction of sp³-hybridized carbons (Fsp3) is 0.294. The lowest BCUT2D eigenvalue weighted by Gasteiger charge is -2.43. The molecule has 3 nitrogen and oxygen atoms in total. The van der Waals surface area contributed by atoms with Crippen molar-refractivity contribution in [2.45, 2.75) is 129 Å². The Morgan fingerprint density at radius 1 is 0.514 bits per heavy atom. The Kier molecular flexibility index (Phi) is 8.28. The number of hydrogen-bond acceptors (Lipinski definition) is 4. The maximum absolute atomic E-state index is 6.94. The highest BCUT2D eigenvalue weighted by Gasteiger charge is 2.48. The molecule has 0 radical (unpaired) electrons. The summed E-state index contributed by atoms with van der Waals surface area (Å²) in [5, 5.41) is 10.6. The normalized spacial score (nSPS) is 18.1. The van der Waals surface area contributed by atoms with Gasteiger partial charge < -0.3 is 13.8 Å². The Morgan fingerprint density at radius 3 is 1.81 bits per heavy atom. The zero-order valence-corrected chi connectivity index (χ0v) is 46.2. The zero-order valence-electron chi connectivity index (χ0n) is 44.6. The van der Waals surface area contributed by atoms with E-state index in [4.69, 9.17) is 4.42 Å². The quantitative estimate of drug-likeness (QED) is 0.153. The van der Waals surface area contributed by atoms with E-state index < -0.39 is 0 Å². The highest BCUT2D eigenvalue weighted by molar-refractivity contribution is 7.27. The molecule has 0 saturated heterocycles. The summed E-state index contributed by atoms with van der Waals surface area (Å²) in [6, 6.07) is 48.2. The number of thiophene rings is 2. The van der Waals surface area contributed by atoms with Crippen molar-refractivity contribution >= 4 is 136 Å². The van der Waals surface area contributed by atoms with Crippen LogP contribution in [0.15, 0.2) is 126 Å². The second-order valence-corrected chi connectivity index (χ2v) is 28.7. The smallest absolute Gasteiger partial charge is 0.333 e. The molecule has 0 spiro atoms. The molecule has 2 aliphatic heterocycles. The van der Waals surface area contributed by atoms with Crippen LogP contribution in [0.1, 0.15) is 130 Å². The molecule has 16 rings (SSSR count). The van der Waals surface area contributed by atoms with Gasteiger partial charge in [-0.3, -0.25) is 0 Å². The van der Waals surface area contributed by atoms with Gasteiger partial charge in [-0.2, -0.15) is 0 Å². The Bertz CT molecular complexity index is 4540. The van der Waals surface area contributed by atoms with Crippen molar-refractivity contribution in [2.75, 3.05) is 4.81 Å². The highest BCUT2D eigenvalue weighted by atomic mass is 32.1. The van der Waals surface area contributed by atoms with E-state index in [0.29, 0.717) is 0 Å². The molecule has 74 heavy (non-hydrogen) atoms. The van der Waals surface area contributed by atoms with Gasteiger partial charge in [0, 0.05) is 84.5 Å². The van der Waals surface area contributed by atoms with Crippen LogP contribution < -0.4 is 15.7 Å². The maximum atomic E-state index is 6.94. The van der Waals surface area contributed by atoms with Crippen molar-refractivity contribution in [3.05, 3.63) is 149 Å². The van der Waals surface area contributed by atoms with Crippen LogP contribution in [0.4, 0.5) is 11.4 Å². The van der Waals surface area contributed by atoms with Gasteiger partial charge in [0.05, 0.1) is 11.0 Å². The first-order chi connectivity index (χ1) is 35.3. The van der Waals surface area contributed by atoms with E-state index in [2.05, 4.69) is 207 Å². The van der Waals surface area contributed by atoms with Gasteiger partial charge in [0.1, 0.15) is 11.2 Å². The zero-order chi connectivity index (χ0) is 50.5. The number of para-hydroxylation sites is 1. The predicted molar refractivity (Wildman–Crippen MR) is 322 cm³/mol. The van der Waals surface area contributed by atoms with Crippen LogP contribution in [0.3, 0.4) is 0 Å². The highest BCUT2D eigenvalue weighted by Crippen LogP contribution is 2.57. The van der Waals surface area contributed by atoms with E-state index in [1.807, 2.05) is 22.7 Å². The van der Waals surface area contributed by atoms with Gasteiger partial charge in [0.15, 0.2) is 0 Å². The summed E-state index contributed by atoms with van der Waals surface area (Å²) < 4.78 is 15.2. The SMILES string of the molecule is CC(C)(C)c1ccc(N2B3c4cc5oc6ccccc6c5cc4-n4c5cc6c(cc5c5c7sc8ccccc8c7c(c3c54)-c3cc4sc5cc7c(cc5c4cc32)C(C)(C)CCC7(C)C)C(C)(C)CCC6(C)C)cc1. The number of hydrogen-bond donors (Lipinski definition) is 0. The van der Waals surface area contributed by atoms with Crippen molar-refractivity contribution in [1.29, 1.82) is 0 Å². The van der Waals surface area contributed by atoms with Gasteiger partial charge >= 0.3 is 6.85 Å². The summed E-state index contributed by atoms with van der Waals surface area (Å²) in [6.07, 6.45) is 4.73. The summed E-state index contributed by atoms with van der Waals surface area (Å²) >= 11 is 3.99. The molecule has 8 aromatic carbocycles. The van der Waals surface area contributed by atoms with Crippen molar-refractivity contribution in [3.63, 3.8) is 0 Å². The van der Waals surface area contributed by atoms with Gasteiger partial charge in [0.2, 0.25) is 0 Å². The largest absolute Gasteiger partial charge is 0.456 e. The van der Waals surface area contributed by atoms with Crippen LogP contribution in [-0.4, -0.2) is 11.4 Å². The first-order valence-corrected chi connectivity index (χ1v) is 28.8. The average Bonchev–Trinajstić information content (AvgIpc) is 4.23. The van der Waals surface area contributed by atoms with Gasteiger partial charge in [-0.25, -0.2) is 0 Å². The van der Waals surface area contributed by atoms with E-state index in [9.17, 15) is 0 Å². The molecule has 4 aliphatic rings. The topological polar surface area (TPSA) is 21.3 Å². The Hall–Kier alpha value is -6.34. The van der Waals surface area contributed by atoms with E-state index in [1.165, 1.54) is 160 Å². The van der Waals surface area contributed by atoms with E-state index in [1.54, 1.807) is 0 Å². The number of nitrogens with zero attached hydrogens (tertiary/aromatic N) is 2. The molecular weight excluding hydrogens is 936 g/mol. The summed E-state index contributed by atoms with van der Waals surface area (Å²) in [4.78, 5) is 2.75. The molecule has 6 heterocycles. The molecule has 2 aliphatic carbocycles. The summed E-state index contributed by atoms with van der Waals surface area (Å²) in [6.45, 7) is 26.6. The molecule has 4 aromatic heterocycles. The lowest BCUT2D eigenvalue weighted by Crippen LogP contribution is -2.60. The third-order valence-electron chi connectivity index (χ3n) is 19.2. The lowest BCUT2D eigenvalue weighted by atomic mass is 9.43. The minimum atomic E-state index is -0.162. The Balaban J connectivity index is 1.13. The van der Waals surface area contributed by atoms with Crippen LogP contribution in [0.2, 0.25) is 0 Å². The fourth-order valence-corrected chi connectivity index (χ4v) is 17.2. The van der Waals surface area contributed by atoms with Crippen molar-refractivity contribution in [2.24, 2.45) is 0 Å². The maximum Gasteiger partial charge on any atom is 0.333 e. The van der Waals surface area contributed by atoms with Crippen LogP contribution in [-0.2, 0) is 27.1 Å². The number of furan rings is 1. The van der Waals surface area contributed by atoms with Crippen molar-refractivity contribution in [3.8, 4) is 16.8 Å². The van der Waals surface area contributed by atoms with Crippen LogP contribution in [0, 0.1) is 0 Å². The van der Waals surface area contributed by atoms with Gasteiger partial charge in [-0.05, 0) is 170 Å². The average molecular weight is 997 g/mol. The first kappa shape index (κ1) is 44.0. The Labute approximate surface area is 441 Å². The molecule has 0 amide bonds. The molecule has 0 atom stereocenters. The van der Waals surface area contributed by atoms with Crippen LogP contribution >= 0.6 is 22.7 Å². The predicted octanol–water partition coefficient (Wildman–Crippen LogP) is 18.7. The van der Waals surface area contributed by atoms with E-state index >= 15 is 0 Å². The monoisotopic (exact) mass is 996 g/mol. The molecule has 12 aromatic rings. The second kappa shape index (κ2) is 13.9. The first-order valence-electron chi connectivity index (χ1n) is 27.2. The molecule has 0 fully saturated rings. The molecule has 0 unspecified atom stereocenters. The van der Waals surface area contributed by atoms with Crippen molar-refractivity contribution < 1.29 is 4.42 Å². The van der Waals surface area contributed by atoms with Gasteiger partial charge in [0.25, 0.3) is 0 Å². The third kappa shape index (κ3) is 5.59. The molecular formula is C68H61BN2OS2. The Morgan fingerprint density at radius 2 is 1.11 bits per heavy atom. The van der Waals surface area contributed by atoms with Crippen molar-refractivity contribution in [1.82, 2.24) is 4.57 Å². The molecule has 0 bridgehead atoms. The number of aromatic nitrogens is 1. The summed E-state index contributed by atoms with van der Waals surface area (Å²) in [5.74, 6) is 0. The van der Waals surface area contributed by atoms with E-state index in [0.717, 1.165) is 16.6 Å². The third-order valence-corrected chi connectivity index (χ3v) is 21.5. The van der Waals surface area contributed by atoms with Crippen LogP contribution in [0.25, 0.3) is 101 Å². The summed E-state index contributed by atoms with van der Waals surface area (Å²) in [5.41, 5.74) is 21.4. The fourth-order valence-electron chi connectivity index (χ4n) is 14.8. The second-order valence-electron chi connectivity index (χ2n) is 26.5. The number of anilines is 2. The molecule has 0 N–H and O–H groups in total. The number of rotatable bonds is 1. The number of benzene rings is 8. The standard InChI is InChI=1S/C68H61BN2OS2/c1-64(2,3)36-20-22-37(23-21-36)71-51-31-42-41-28-45-48(68(10,11)27-25-65(45,4)5)34-57(41)73-56(42)32-44(51)58-59-39-17-13-15-19-55(39)74-63(59)60-43-29-46-47(67(8,9)26-24-66(46,6)7)33-50(43)70-52-30-40-38-16-12-14-18-53(38)72-54(40)35-49(52)69(71)61(58)62(60)70/h12-23,28-35H,24-27H2,1-11H3. The minimum absolute atomic E-state index is 0.0134. The summed E-state index contributed by atoms with van der Waals surface area (Å²) in [7, 11) is 0. The molecule has 6 heteroatoms. The minimum Gasteiger partial charge on any atom is -0.456 e. The van der Waals surface area contributed by atoms with Crippen LogP contribution in [0.5, 0.6) is 0 Å². The van der Waals surface area contributed by atoms with E-state index in [-0.39, 0.29) is 33.9 Å². The van der Waals surface area contributed by atoms with Gasteiger partial charge in [-0.1, -0.05) is 125 Å². The van der Waals surface area contributed by atoms with Gasteiger partial charge in [-0.15, -0.1) is 22.7 Å². The molecule has 364 valence electrons.